The highest BCUT2D eigenvalue weighted by molar-refractivity contribution is 6.28. The Kier molecular flexibility index (Phi) is 5.29. The Balaban J connectivity index is 3.01. The molecule has 1 aromatic rings. The van der Waals surface area contributed by atoms with Gasteiger partial charge in [-0.25, -0.2) is 4.99 Å². The summed E-state index contributed by atoms with van der Waals surface area (Å²) in [6.07, 6.45) is 0. The maximum absolute atomic E-state index is 5.63. The van der Waals surface area contributed by atoms with Gasteiger partial charge in [0.2, 0.25) is 0 Å². The maximum Gasteiger partial charge on any atom is 0.115 e. The summed E-state index contributed by atoms with van der Waals surface area (Å²) in [6, 6.07) is 6.19. The molecule has 4 heteroatoms. The van der Waals surface area contributed by atoms with Crippen molar-refractivity contribution in [3.8, 4) is 0 Å². The second-order valence-electron chi connectivity index (χ2n) is 3.88. The highest BCUT2D eigenvalue weighted by atomic mass is 35.5. The fourth-order valence-electron chi connectivity index (χ4n) is 1.74. The molecular formula is C13H20ClN3. The van der Waals surface area contributed by atoms with E-state index < -0.39 is 0 Å². The van der Waals surface area contributed by atoms with E-state index >= 15 is 0 Å². The quantitative estimate of drug-likeness (QED) is 0.498. The molecule has 1 aromatic carbocycles. The molecule has 0 unspecified atom stereocenters. The van der Waals surface area contributed by atoms with Crippen molar-refractivity contribution < 1.29 is 0 Å². The molecule has 17 heavy (non-hydrogen) atoms. The first-order valence-corrected chi connectivity index (χ1v) is 6.40. The van der Waals surface area contributed by atoms with Crippen molar-refractivity contribution in [3.05, 3.63) is 23.8 Å². The predicted molar refractivity (Wildman–Crippen MR) is 76.7 cm³/mol. The number of benzene rings is 1. The number of aliphatic imine (C=N–C) groups is 1. The number of hydrogen-bond donors (Lipinski definition) is 1. The molecule has 0 atom stereocenters. The van der Waals surface area contributed by atoms with Crippen LogP contribution in [0.5, 0.6) is 0 Å². The lowest BCUT2D eigenvalue weighted by atomic mass is 10.1. The zero-order chi connectivity index (χ0) is 12.8. The van der Waals surface area contributed by atoms with Crippen molar-refractivity contribution in [1.29, 1.82) is 0 Å². The van der Waals surface area contributed by atoms with Crippen LogP contribution in [0.1, 0.15) is 19.4 Å². The molecule has 0 saturated carbocycles. The summed E-state index contributed by atoms with van der Waals surface area (Å²) < 4.78 is 0. The Hall–Kier alpha value is -1.22. The number of nitrogens with two attached hydrogens (primary N) is 1. The van der Waals surface area contributed by atoms with Gasteiger partial charge in [-0.15, -0.1) is 11.6 Å². The summed E-state index contributed by atoms with van der Waals surface area (Å²) in [4.78, 5) is 6.57. The number of aryl methyl sites for hydroxylation is 1. The Labute approximate surface area is 108 Å². The minimum absolute atomic E-state index is 0.261. The monoisotopic (exact) mass is 253 g/mol. The van der Waals surface area contributed by atoms with Gasteiger partial charge in [-0.3, -0.25) is 0 Å². The Morgan fingerprint density at radius 3 is 2.47 bits per heavy atom. The zero-order valence-electron chi connectivity index (χ0n) is 10.7. The van der Waals surface area contributed by atoms with Crippen molar-refractivity contribution >= 4 is 28.8 Å². The second-order valence-corrected chi connectivity index (χ2v) is 4.15. The van der Waals surface area contributed by atoms with E-state index in [9.17, 15) is 0 Å². The summed E-state index contributed by atoms with van der Waals surface area (Å²) in [6.45, 7) is 8.34. The van der Waals surface area contributed by atoms with E-state index in [1.165, 1.54) is 5.69 Å². The minimum atomic E-state index is 0.261. The van der Waals surface area contributed by atoms with Crippen LogP contribution in [-0.2, 0) is 0 Å². The van der Waals surface area contributed by atoms with Crippen molar-refractivity contribution in [2.75, 3.05) is 23.9 Å². The van der Waals surface area contributed by atoms with Crippen molar-refractivity contribution in [2.45, 2.75) is 20.8 Å². The molecule has 0 aromatic heterocycles. The van der Waals surface area contributed by atoms with Gasteiger partial charge in [0, 0.05) is 18.8 Å². The normalized spacial score (nSPS) is 11.6. The third kappa shape index (κ3) is 3.63. The highest BCUT2D eigenvalue weighted by Crippen LogP contribution is 2.24. The molecule has 0 saturated heterocycles. The SMILES string of the molecule is CCN(CC)c1ccc(N=C(N)CCl)c(C)c1. The number of hydrogen-bond acceptors (Lipinski definition) is 2. The molecule has 0 radical (unpaired) electrons. The molecule has 0 aliphatic heterocycles. The Morgan fingerprint density at radius 2 is 2.00 bits per heavy atom. The number of alkyl halides is 1. The number of nitrogens with zero attached hydrogens (tertiary/aromatic N) is 2. The molecule has 1 rings (SSSR count). The molecule has 0 heterocycles. The minimum Gasteiger partial charge on any atom is -0.386 e. The van der Waals surface area contributed by atoms with Gasteiger partial charge in [0.15, 0.2) is 0 Å². The predicted octanol–water partition coefficient (Wildman–Crippen LogP) is 3.07. The average molecular weight is 254 g/mol. The zero-order valence-corrected chi connectivity index (χ0v) is 11.5. The summed E-state index contributed by atoms with van der Waals surface area (Å²) in [7, 11) is 0. The van der Waals surface area contributed by atoms with Gasteiger partial charge >= 0.3 is 0 Å². The summed E-state index contributed by atoms with van der Waals surface area (Å²) in [5, 5.41) is 0. The van der Waals surface area contributed by atoms with Gasteiger partial charge < -0.3 is 10.6 Å². The van der Waals surface area contributed by atoms with E-state index in [-0.39, 0.29) is 5.88 Å². The van der Waals surface area contributed by atoms with E-state index in [1.807, 2.05) is 13.0 Å². The van der Waals surface area contributed by atoms with Crippen LogP contribution in [0, 0.1) is 6.92 Å². The van der Waals surface area contributed by atoms with Gasteiger partial charge in [0.05, 0.1) is 11.6 Å². The summed E-state index contributed by atoms with van der Waals surface area (Å²) in [5.41, 5.74) is 8.85. The number of anilines is 1. The largest absolute Gasteiger partial charge is 0.386 e. The number of amidine groups is 1. The fourth-order valence-corrected chi connectivity index (χ4v) is 1.79. The molecule has 0 amide bonds. The molecule has 0 spiro atoms. The first-order chi connectivity index (χ1) is 8.12. The van der Waals surface area contributed by atoms with Gasteiger partial charge in [-0.2, -0.15) is 0 Å². The van der Waals surface area contributed by atoms with Crippen molar-refractivity contribution in [1.82, 2.24) is 0 Å². The lowest BCUT2D eigenvalue weighted by Gasteiger charge is -2.21. The molecule has 3 nitrogen and oxygen atoms in total. The molecule has 0 bridgehead atoms. The van der Waals surface area contributed by atoms with E-state index in [0.717, 1.165) is 24.3 Å². The van der Waals surface area contributed by atoms with Gasteiger partial charge in [0.1, 0.15) is 5.84 Å². The van der Waals surface area contributed by atoms with Gasteiger partial charge in [-0.1, -0.05) is 0 Å². The Bertz CT molecular complexity index is 398. The van der Waals surface area contributed by atoms with Crippen molar-refractivity contribution in [2.24, 2.45) is 10.7 Å². The highest BCUT2D eigenvalue weighted by Gasteiger charge is 2.04. The van der Waals surface area contributed by atoms with Crippen LogP contribution in [-0.4, -0.2) is 24.8 Å². The van der Waals surface area contributed by atoms with Crippen LogP contribution in [0.4, 0.5) is 11.4 Å². The van der Waals surface area contributed by atoms with Crippen molar-refractivity contribution in [3.63, 3.8) is 0 Å². The third-order valence-electron chi connectivity index (χ3n) is 2.71. The number of rotatable bonds is 5. The lowest BCUT2D eigenvalue weighted by molar-refractivity contribution is 0.865. The molecular weight excluding hydrogens is 234 g/mol. The second kappa shape index (κ2) is 6.50. The first kappa shape index (κ1) is 13.8. The van der Waals surface area contributed by atoms with Crippen LogP contribution in [0.2, 0.25) is 0 Å². The maximum atomic E-state index is 5.63. The molecule has 94 valence electrons. The fraction of sp³-hybridized carbons (Fsp3) is 0.462. The van der Waals surface area contributed by atoms with E-state index in [4.69, 9.17) is 17.3 Å². The molecule has 0 fully saturated rings. The molecule has 0 aliphatic rings. The van der Waals surface area contributed by atoms with E-state index in [2.05, 4.69) is 35.9 Å². The van der Waals surface area contributed by atoms with Gasteiger partial charge in [-0.05, 0) is 44.5 Å². The topological polar surface area (TPSA) is 41.6 Å². The van der Waals surface area contributed by atoms with Crippen LogP contribution in [0.25, 0.3) is 0 Å². The average Bonchev–Trinajstić information content (AvgIpc) is 2.33. The van der Waals surface area contributed by atoms with Crippen LogP contribution >= 0.6 is 11.6 Å². The van der Waals surface area contributed by atoms with E-state index in [0.29, 0.717) is 5.84 Å². The smallest absolute Gasteiger partial charge is 0.115 e. The summed E-state index contributed by atoms with van der Waals surface area (Å²) >= 11 is 5.62. The molecule has 2 N–H and O–H groups in total. The van der Waals surface area contributed by atoms with Gasteiger partial charge in [0.25, 0.3) is 0 Å². The third-order valence-corrected chi connectivity index (χ3v) is 2.98. The summed E-state index contributed by atoms with van der Waals surface area (Å²) in [5.74, 6) is 0.711. The first-order valence-electron chi connectivity index (χ1n) is 5.87. The van der Waals surface area contributed by atoms with Crippen LogP contribution < -0.4 is 10.6 Å². The lowest BCUT2D eigenvalue weighted by Crippen LogP contribution is -2.21. The van der Waals surface area contributed by atoms with E-state index in [1.54, 1.807) is 0 Å². The van der Waals surface area contributed by atoms with Crippen LogP contribution in [0.15, 0.2) is 23.2 Å². The number of halogens is 1. The Morgan fingerprint density at radius 1 is 1.35 bits per heavy atom. The van der Waals surface area contributed by atoms with Crippen LogP contribution in [0.3, 0.4) is 0 Å². The molecule has 0 aliphatic carbocycles. The standard InChI is InChI=1S/C13H20ClN3/c1-4-17(5-2)11-6-7-12(10(3)8-11)16-13(15)9-14/h6-8H,4-5,9H2,1-3H3,(H2,15,16).